The zero-order chi connectivity index (χ0) is 22.2. The molecule has 0 radical (unpaired) electrons. The Bertz CT molecular complexity index is 1020. The standard InChI is InChI=1S/C25H31NO5/c1-4-7-21-23(12-11-20-22(5-2)26-31-25(20)21)30-15-6-14-29-19-10-8-18(17(3)16-19)9-13-24(27)28/h8,10-12,16H,4-7,9,13-15H2,1-3H3,(H,27,28). The number of benzene rings is 2. The van der Waals surface area contributed by atoms with Crippen molar-refractivity contribution in [2.75, 3.05) is 13.2 Å². The Morgan fingerprint density at radius 2 is 1.90 bits per heavy atom. The summed E-state index contributed by atoms with van der Waals surface area (Å²) < 4.78 is 17.5. The Labute approximate surface area is 183 Å². The summed E-state index contributed by atoms with van der Waals surface area (Å²) in [5, 5.41) is 14.1. The first-order chi connectivity index (χ1) is 15.0. The molecule has 1 heterocycles. The largest absolute Gasteiger partial charge is 0.493 e. The van der Waals surface area contributed by atoms with Crippen molar-refractivity contribution in [1.82, 2.24) is 5.16 Å². The highest BCUT2D eigenvalue weighted by molar-refractivity contribution is 5.84. The zero-order valence-electron chi connectivity index (χ0n) is 18.6. The molecule has 1 aromatic heterocycles. The average molecular weight is 426 g/mol. The van der Waals surface area contributed by atoms with Gasteiger partial charge in [0.2, 0.25) is 0 Å². The number of aryl methyl sites for hydroxylation is 4. The van der Waals surface area contributed by atoms with Gasteiger partial charge in [-0.2, -0.15) is 0 Å². The van der Waals surface area contributed by atoms with Crippen LogP contribution in [0.4, 0.5) is 0 Å². The fourth-order valence-electron chi connectivity index (χ4n) is 3.68. The lowest BCUT2D eigenvalue weighted by Gasteiger charge is -2.12. The lowest BCUT2D eigenvalue weighted by atomic mass is 10.0. The molecule has 0 atom stereocenters. The van der Waals surface area contributed by atoms with Crippen LogP contribution in [0.2, 0.25) is 0 Å². The van der Waals surface area contributed by atoms with Crippen LogP contribution in [0.15, 0.2) is 34.9 Å². The fraction of sp³-hybridized carbons (Fsp3) is 0.440. The second-order valence-electron chi connectivity index (χ2n) is 7.68. The molecule has 0 saturated heterocycles. The van der Waals surface area contributed by atoms with Crippen LogP contribution in [0.3, 0.4) is 0 Å². The Balaban J connectivity index is 1.53. The highest BCUT2D eigenvalue weighted by atomic mass is 16.5. The summed E-state index contributed by atoms with van der Waals surface area (Å²) in [5.41, 5.74) is 4.99. The van der Waals surface area contributed by atoms with Gasteiger partial charge in [0.25, 0.3) is 0 Å². The van der Waals surface area contributed by atoms with Crippen LogP contribution in [-0.4, -0.2) is 29.4 Å². The molecule has 0 fully saturated rings. The molecule has 3 aromatic rings. The molecule has 6 heteroatoms. The lowest BCUT2D eigenvalue weighted by Crippen LogP contribution is -2.06. The summed E-state index contributed by atoms with van der Waals surface area (Å²) in [6.45, 7) is 7.29. The molecular formula is C25H31NO5. The van der Waals surface area contributed by atoms with Crippen molar-refractivity contribution in [1.29, 1.82) is 0 Å². The number of aromatic nitrogens is 1. The SMILES string of the molecule is CCCc1c(OCCCOc2ccc(CCC(=O)O)c(C)c2)ccc2c(CC)noc12. The summed E-state index contributed by atoms with van der Waals surface area (Å²) in [4.78, 5) is 10.7. The third-order valence-corrected chi connectivity index (χ3v) is 5.35. The number of aliphatic carboxylic acids is 1. The van der Waals surface area contributed by atoms with Gasteiger partial charge in [-0.25, -0.2) is 0 Å². The number of fused-ring (bicyclic) bond motifs is 1. The molecule has 166 valence electrons. The summed E-state index contributed by atoms with van der Waals surface area (Å²) >= 11 is 0. The lowest BCUT2D eigenvalue weighted by molar-refractivity contribution is -0.136. The van der Waals surface area contributed by atoms with Gasteiger partial charge >= 0.3 is 5.97 Å². The van der Waals surface area contributed by atoms with E-state index in [9.17, 15) is 4.79 Å². The smallest absolute Gasteiger partial charge is 0.303 e. The number of carboxylic acids is 1. The maximum absolute atomic E-state index is 10.7. The van der Waals surface area contributed by atoms with Crippen molar-refractivity contribution in [2.45, 2.75) is 59.3 Å². The normalized spacial score (nSPS) is 11.1. The highest BCUT2D eigenvalue weighted by Crippen LogP contribution is 2.31. The minimum atomic E-state index is -0.782. The van der Waals surface area contributed by atoms with E-state index in [1.54, 1.807) is 0 Å². The summed E-state index contributed by atoms with van der Waals surface area (Å²) in [6.07, 6.45) is 4.15. The Hall–Kier alpha value is -3.02. The van der Waals surface area contributed by atoms with E-state index in [1.165, 1.54) is 0 Å². The molecule has 2 aromatic carbocycles. The molecule has 0 unspecified atom stereocenters. The molecule has 31 heavy (non-hydrogen) atoms. The monoisotopic (exact) mass is 425 g/mol. The molecular weight excluding hydrogens is 394 g/mol. The van der Waals surface area contributed by atoms with Crippen LogP contribution >= 0.6 is 0 Å². The minimum Gasteiger partial charge on any atom is -0.493 e. The number of nitrogens with zero attached hydrogens (tertiary/aromatic N) is 1. The van der Waals surface area contributed by atoms with Crippen molar-refractivity contribution in [2.24, 2.45) is 0 Å². The van der Waals surface area contributed by atoms with Crippen LogP contribution in [0.5, 0.6) is 11.5 Å². The van der Waals surface area contributed by atoms with Gasteiger partial charge in [-0.15, -0.1) is 0 Å². The minimum absolute atomic E-state index is 0.137. The second-order valence-corrected chi connectivity index (χ2v) is 7.68. The van der Waals surface area contributed by atoms with E-state index in [2.05, 4.69) is 19.0 Å². The molecule has 0 bridgehead atoms. The van der Waals surface area contributed by atoms with E-state index in [0.29, 0.717) is 19.6 Å². The van der Waals surface area contributed by atoms with Crippen LogP contribution in [0.1, 0.15) is 55.5 Å². The van der Waals surface area contributed by atoms with Crippen LogP contribution in [-0.2, 0) is 24.1 Å². The van der Waals surface area contributed by atoms with Crippen LogP contribution in [0.25, 0.3) is 11.0 Å². The van der Waals surface area contributed by atoms with Gasteiger partial charge in [0.05, 0.1) is 18.9 Å². The van der Waals surface area contributed by atoms with E-state index in [0.717, 1.165) is 70.5 Å². The predicted molar refractivity (Wildman–Crippen MR) is 120 cm³/mol. The van der Waals surface area contributed by atoms with Gasteiger partial charge in [0, 0.05) is 23.8 Å². The van der Waals surface area contributed by atoms with Crippen molar-refractivity contribution in [3.05, 3.63) is 52.7 Å². The average Bonchev–Trinajstić information content (AvgIpc) is 3.17. The van der Waals surface area contributed by atoms with E-state index in [-0.39, 0.29) is 6.42 Å². The van der Waals surface area contributed by atoms with Crippen molar-refractivity contribution >= 4 is 16.9 Å². The maximum Gasteiger partial charge on any atom is 0.303 e. The van der Waals surface area contributed by atoms with Crippen LogP contribution in [0, 0.1) is 6.92 Å². The van der Waals surface area contributed by atoms with Gasteiger partial charge in [0.15, 0.2) is 5.58 Å². The number of carboxylic acid groups (broad SMARTS) is 1. The van der Waals surface area contributed by atoms with Gasteiger partial charge in [-0.3, -0.25) is 4.79 Å². The number of rotatable bonds is 12. The van der Waals surface area contributed by atoms with Gasteiger partial charge in [0.1, 0.15) is 11.5 Å². The van der Waals surface area contributed by atoms with Crippen molar-refractivity contribution in [3.8, 4) is 11.5 Å². The molecule has 1 N–H and O–H groups in total. The van der Waals surface area contributed by atoms with Gasteiger partial charge < -0.3 is 19.1 Å². The van der Waals surface area contributed by atoms with Crippen molar-refractivity contribution in [3.63, 3.8) is 0 Å². The molecule has 0 amide bonds. The van der Waals surface area contributed by atoms with Crippen molar-refractivity contribution < 1.29 is 23.9 Å². The first kappa shape index (κ1) is 22.7. The fourth-order valence-corrected chi connectivity index (χ4v) is 3.68. The highest BCUT2D eigenvalue weighted by Gasteiger charge is 2.15. The number of hydrogen-bond acceptors (Lipinski definition) is 5. The Morgan fingerprint density at radius 1 is 1.10 bits per heavy atom. The molecule has 0 spiro atoms. The first-order valence-corrected chi connectivity index (χ1v) is 11.0. The first-order valence-electron chi connectivity index (χ1n) is 11.0. The van der Waals surface area contributed by atoms with Gasteiger partial charge in [-0.05, 0) is 61.6 Å². The summed E-state index contributed by atoms with van der Waals surface area (Å²) in [6, 6.07) is 9.85. The maximum atomic E-state index is 10.7. The molecule has 0 saturated carbocycles. The predicted octanol–water partition coefficient (Wildman–Crippen LogP) is 5.52. The molecule has 6 nitrogen and oxygen atoms in total. The zero-order valence-corrected chi connectivity index (χ0v) is 18.6. The molecule has 3 rings (SSSR count). The van der Waals surface area contributed by atoms with E-state index < -0.39 is 5.97 Å². The van der Waals surface area contributed by atoms with E-state index >= 15 is 0 Å². The number of carbonyl (C=O) groups is 1. The quantitative estimate of drug-likeness (QED) is 0.385. The summed E-state index contributed by atoms with van der Waals surface area (Å²) in [5.74, 6) is 0.861. The summed E-state index contributed by atoms with van der Waals surface area (Å²) in [7, 11) is 0. The number of hydrogen-bond donors (Lipinski definition) is 1. The number of ether oxygens (including phenoxy) is 2. The topological polar surface area (TPSA) is 81.8 Å². The van der Waals surface area contributed by atoms with Gasteiger partial charge in [-0.1, -0.05) is 31.5 Å². The van der Waals surface area contributed by atoms with Crippen LogP contribution < -0.4 is 9.47 Å². The molecule has 0 aliphatic rings. The Kier molecular flexibility index (Phi) is 7.93. The second kappa shape index (κ2) is 10.8. The molecule has 0 aliphatic heterocycles. The third kappa shape index (κ3) is 5.78. The Morgan fingerprint density at radius 3 is 2.61 bits per heavy atom. The van der Waals surface area contributed by atoms with E-state index in [1.807, 2.05) is 37.3 Å². The third-order valence-electron chi connectivity index (χ3n) is 5.35. The van der Waals surface area contributed by atoms with E-state index in [4.69, 9.17) is 19.1 Å². The molecule has 0 aliphatic carbocycles.